The number of nitrogens with one attached hydrogen (secondary N) is 1. The number of nitrogen functional groups attached to an aromatic ring is 1. The molecule has 0 unspecified atom stereocenters. The Morgan fingerprint density at radius 2 is 1.72 bits per heavy atom. The Kier molecular flexibility index (Phi) is 5.61. The molecule has 3 N–H and O–H groups in total. The van der Waals surface area contributed by atoms with Gasteiger partial charge in [0.2, 0.25) is 0 Å². The van der Waals surface area contributed by atoms with Crippen molar-refractivity contribution in [3.63, 3.8) is 0 Å². The van der Waals surface area contributed by atoms with Gasteiger partial charge in [-0.3, -0.25) is 14.9 Å². The van der Waals surface area contributed by atoms with E-state index in [1.807, 2.05) is 44.2 Å². The standard InChI is InChI=1S/C26H21N7O3/c1-15-10-16(2)12-18(11-15)29-26(34)22-23-25(31-21-9-4-3-8-20(21)30-23)32(24(22)27)28-14-17-6-5-7-19(13-17)33(35)36/h3-14H,27H2,1-2H3,(H,29,34)/b28-14-. The van der Waals surface area contributed by atoms with Crippen LogP contribution in [0.3, 0.4) is 0 Å². The number of hydrogen-bond donors (Lipinski definition) is 2. The molecule has 1 amide bonds. The minimum atomic E-state index is -0.482. The highest BCUT2D eigenvalue weighted by Gasteiger charge is 2.24. The number of carbonyl (C=O) groups is 1. The number of aromatic nitrogens is 3. The van der Waals surface area contributed by atoms with Gasteiger partial charge in [-0.1, -0.05) is 30.3 Å². The van der Waals surface area contributed by atoms with Crippen LogP contribution in [0, 0.1) is 24.0 Å². The lowest BCUT2D eigenvalue weighted by Crippen LogP contribution is -2.14. The number of fused-ring (bicyclic) bond motifs is 2. The summed E-state index contributed by atoms with van der Waals surface area (Å²) in [5.74, 6) is -0.403. The number of aryl methyl sites for hydroxylation is 2. The van der Waals surface area contributed by atoms with Crippen molar-refractivity contribution in [2.45, 2.75) is 13.8 Å². The van der Waals surface area contributed by atoms with E-state index in [1.165, 1.54) is 23.0 Å². The highest BCUT2D eigenvalue weighted by Crippen LogP contribution is 2.29. The Hall–Kier alpha value is -5.12. The maximum atomic E-state index is 13.4. The van der Waals surface area contributed by atoms with Crippen molar-refractivity contribution in [1.82, 2.24) is 14.6 Å². The second kappa shape index (κ2) is 8.91. The third kappa shape index (κ3) is 4.23. The third-order valence-electron chi connectivity index (χ3n) is 5.58. The second-order valence-electron chi connectivity index (χ2n) is 8.38. The molecule has 0 aliphatic heterocycles. The van der Waals surface area contributed by atoms with Crippen LogP contribution in [-0.2, 0) is 0 Å². The molecule has 178 valence electrons. The lowest BCUT2D eigenvalue weighted by molar-refractivity contribution is -0.384. The van der Waals surface area contributed by atoms with Gasteiger partial charge in [-0.05, 0) is 49.2 Å². The number of nitrogens with two attached hydrogens (primary N) is 1. The molecule has 0 aliphatic rings. The molecule has 10 heteroatoms. The second-order valence-corrected chi connectivity index (χ2v) is 8.38. The van der Waals surface area contributed by atoms with Crippen LogP contribution < -0.4 is 11.1 Å². The van der Waals surface area contributed by atoms with E-state index in [0.717, 1.165) is 11.1 Å². The lowest BCUT2D eigenvalue weighted by Gasteiger charge is -2.08. The van der Waals surface area contributed by atoms with Gasteiger partial charge in [0, 0.05) is 23.4 Å². The normalized spacial score (nSPS) is 11.4. The van der Waals surface area contributed by atoms with Crippen LogP contribution in [0.25, 0.3) is 22.2 Å². The van der Waals surface area contributed by atoms with Gasteiger partial charge in [-0.2, -0.15) is 9.78 Å². The van der Waals surface area contributed by atoms with E-state index in [4.69, 9.17) is 5.73 Å². The number of anilines is 2. The maximum absolute atomic E-state index is 13.4. The van der Waals surface area contributed by atoms with Gasteiger partial charge in [0.1, 0.15) is 16.9 Å². The fourth-order valence-corrected chi connectivity index (χ4v) is 4.07. The number of nitro benzene ring substituents is 1. The summed E-state index contributed by atoms with van der Waals surface area (Å²) in [7, 11) is 0. The quantitative estimate of drug-likeness (QED) is 0.210. The summed E-state index contributed by atoms with van der Waals surface area (Å²) < 4.78 is 1.32. The SMILES string of the molecule is Cc1cc(C)cc(NC(=O)c2c(N)n(/N=C\c3cccc([N+](=O)[O-])c3)c3nc4ccccc4nc23)c1. The molecule has 0 radical (unpaired) electrons. The summed E-state index contributed by atoms with van der Waals surface area (Å²) >= 11 is 0. The lowest BCUT2D eigenvalue weighted by atomic mass is 10.1. The predicted octanol–water partition coefficient (Wildman–Crippen LogP) is 4.83. The first-order valence-electron chi connectivity index (χ1n) is 11.1. The Morgan fingerprint density at radius 1 is 1.03 bits per heavy atom. The topological polar surface area (TPSA) is 141 Å². The molecule has 3 aromatic carbocycles. The zero-order valence-electron chi connectivity index (χ0n) is 19.5. The van der Waals surface area contributed by atoms with Gasteiger partial charge in [0.05, 0.1) is 22.2 Å². The van der Waals surface area contributed by atoms with Crippen LogP contribution in [-0.4, -0.2) is 31.7 Å². The smallest absolute Gasteiger partial charge is 0.270 e. The molecule has 36 heavy (non-hydrogen) atoms. The van der Waals surface area contributed by atoms with Crippen LogP contribution in [0.2, 0.25) is 0 Å². The van der Waals surface area contributed by atoms with Crippen molar-refractivity contribution < 1.29 is 9.72 Å². The van der Waals surface area contributed by atoms with E-state index in [2.05, 4.69) is 20.4 Å². The number of carbonyl (C=O) groups excluding carboxylic acids is 1. The Balaban J connectivity index is 1.65. The zero-order valence-corrected chi connectivity index (χ0v) is 19.5. The molecule has 2 heterocycles. The number of amides is 1. The van der Waals surface area contributed by atoms with E-state index < -0.39 is 10.8 Å². The van der Waals surface area contributed by atoms with Crippen molar-refractivity contribution in [2.75, 3.05) is 11.1 Å². The minimum absolute atomic E-state index is 0.0452. The van der Waals surface area contributed by atoms with E-state index in [1.54, 1.807) is 24.3 Å². The van der Waals surface area contributed by atoms with Gasteiger partial charge < -0.3 is 11.1 Å². The van der Waals surface area contributed by atoms with Crippen LogP contribution in [0.15, 0.2) is 71.8 Å². The molecule has 5 aromatic rings. The summed E-state index contributed by atoms with van der Waals surface area (Å²) in [6.07, 6.45) is 1.42. The van der Waals surface area contributed by atoms with Crippen LogP contribution in [0.4, 0.5) is 17.2 Å². The van der Waals surface area contributed by atoms with Gasteiger partial charge in [-0.15, -0.1) is 0 Å². The molecule has 5 rings (SSSR count). The fraction of sp³-hybridized carbons (Fsp3) is 0.0769. The molecular weight excluding hydrogens is 458 g/mol. The first-order valence-corrected chi connectivity index (χ1v) is 11.1. The van der Waals surface area contributed by atoms with E-state index in [-0.39, 0.29) is 17.1 Å². The molecule has 2 aromatic heterocycles. The molecule has 0 saturated carbocycles. The molecule has 0 spiro atoms. The number of hydrogen-bond acceptors (Lipinski definition) is 7. The van der Waals surface area contributed by atoms with Crippen molar-refractivity contribution in [3.05, 3.63) is 99.1 Å². The molecule has 10 nitrogen and oxygen atoms in total. The average Bonchev–Trinajstić information content (AvgIpc) is 3.10. The maximum Gasteiger partial charge on any atom is 0.270 e. The molecule has 0 saturated heterocycles. The summed E-state index contributed by atoms with van der Waals surface area (Å²) in [4.78, 5) is 33.4. The van der Waals surface area contributed by atoms with E-state index >= 15 is 0 Å². The Labute approximate surface area is 205 Å². The summed E-state index contributed by atoms with van der Waals surface area (Å²) in [5, 5.41) is 18.4. The number of nitrogens with zero attached hydrogens (tertiary/aromatic N) is 5. The molecule has 0 atom stereocenters. The highest BCUT2D eigenvalue weighted by molar-refractivity contribution is 6.16. The van der Waals surface area contributed by atoms with Crippen LogP contribution in [0.5, 0.6) is 0 Å². The number of rotatable bonds is 5. The van der Waals surface area contributed by atoms with Gasteiger partial charge in [-0.25, -0.2) is 9.97 Å². The first-order chi connectivity index (χ1) is 17.3. The number of non-ortho nitro benzene ring substituents is 1. The van der Waals surface area contributed by atoms with E-state index in [9.17, 15) is 14.9 Å². The largest absolute Gasteiger partial charge is 0.383 e. The monoisotopic (exact) mass is 479 g/mol. The molecule has 0 fully saturated rings. The number of nitro groups is 1. The van der Waals surface area contributed by atoms with E-state index in [0.29, 0.717) is 33.4 Å². The summed E-state index contributed by atoms with van der Waals surface area (Å²) in [6, 6.07) is 19.0. The summed E-state index contributed by atoms with van der Waals surface area (Å²) in [5.41, 5.74) is 11.4. The molecule has 0 aliphatic carbocycles. The van der Waals surface area contributed by atoms with Crippen molar-refractivity contribution in [1.29, 1.82) is 0 Å². The first kappa shape index (κ1) is 22.7. The Bertz CT molecular complexity index is 1690. The predicted molar refractivity (Wildman–Crippen MR) is 139 cm³/mol. The average molecular weight is 480 g/mol. The van der Waals surface area contributed by atoms with Crippen molar-refractivity contribution >= 4 is 51.5 Å². The minimum Gasteiger partial charge on any atom is -0.383 e. The zero-order chi connectivity index (χ0) is 25.4. The summed E-state index contributed by atoms with van der Waals surface area (Å²) in [6.45, 7) is 3.90. The van der Waals surface area contributed by atoms with Crippen LogP contribution >= 0.6 is 0 Å². The van der Waals surface area contributed by atoms with Crippen molar-refractivity contribution in [2.24, 2.45) is 5.10 Å². The molecular formula is C26H21N7O3. The molecule has 0 bridgehead atoms. The fourth-order valence-electron chi connectivity index (χ4n) is 4.07. The number of para-hydroxylation sites is 2. The third-order valence-corrected chi connectivity index (χ3v) is 5.58. The van der Waals surface area contributed by atoms with Crippen molar-refractivity contribution in [3.8, 4) is 0 Å². The highest BCUT2D eigenvalue weighted by atomic mass is 16.6. The number of benzene rings is 3. The van der Waals surface area contributed by atoms with Gasteiger partial charge in [0.25, 0.3) is 11.6 Å². The Morgan fingerprint density at radius 3 is 2.42 bits per heavy atom. The van der Waals surface area contributed by atoms with Gasteiger partial charge >= 0.3 is 0 Å². The van der Waals surface area contributed by atoms with Crippen LogP contribution in [0.1, 0.15) is 27.0 Å². The van der Waals surface area contributed by atoms with Gasteiger partial charge in [0.15, 0.2) is 5.65 Å².